The average molecular weight is 470 g/mol. The van der Waals surface area contributed by atoms with E-state index in [4.69, 9.17) is 0 Å². The molecular formula is C25H31N3O4S. The lowest BCUT2D eigenvalue weighted by Crippen LogP contribution is -2.42. The Morgan fingerprint density at radius 1 is 0.970 bits per heavy atom. The molecule has 0 aliphatic heterocycles. The van der Waals surface area contributed by atoms with Crippen LogP contribution in [0, 0.1) is 24.7 Å². The molecule has 2 aliphatic carbocycles. The van der Waals surface area contributed by atoms with Crippen LogP contribution in [0.1, 0.15) is 53.6 Å². The average Bonchev–Trinajstić information content (AvgIpc) is 3.41. The second-order valence-electron chi connectivity index (χ2n) is 9.41. The number of sulfonamides is 1. The maximum Gasteiger partial charge on any atom is 0.269 e. The largest absolute Gasteiger partial charge is 0.273 e. The summed E-state index contributed by atoms with van der Waals surface area (Å²) < 4.78 is 26.8. The summed E-state index contributed by atoms with van der Waals surface area (Å²) in [6.07, 6.45) is 5.36. The van der Waals surface area contributed by atoms with Crippen molar-refractivity contribution in [2.24, 2.45) is 17.8 Å². The Kier molecular flexibility index (Phi) is 6.86. The highest BCUT2D eigenvalue weighted by Gasteiger charge is 2.40. The Morgan fingerprint density at radius 2 is 1.67 bits per heavy atom. The predicted molar refractivity (Wildman–Crippen MR) is 125 cm³/mol. The van der Waals surface area contributed by atoms with Crippen LogP contribution in [0.2, 0.25) is 0 Å². The van der Waals surface area contributed by atoms with Gasteiger partial charge in [-0.3, -0.25) is 20.4 Å². The number of nitrogens with one attached hydrogen (secondary N) is 2. The predicted octanol–water partition coefficient (Wildman–Crippen LogP) is 3.40. The number of aryl methyl sites for hydroxylation is 1. The molecule has 0 spiro atoms. The summed E-state index contributed by atoms with van der Waals surface area (Å²) in [6, 6.07) is 13.4. The molecule has 2 aromatic carbocycles. The summed E-state index contributed by atoms with van der Waals surface area (Å²) in [5, 5.41) is 0. The van der Waals surface area contributed by atoms with Gasteiger partial charge in [0.15, 0.2) is 0 Å². The molecule has 2 aromatic rings. The summed E-state index contributed by atoms with van der Waals surface area (Å²) in [4.78, 5) is 24.9. The van der Waals surface area contributed by atoms with Gasteiger partial charge in [0.1, 0.15) is 0 Å². The Labute approximate surface area is 195 Å². The van der Waals surface area contributed by atoms with Crippen molar-refractivity contribution in [3.05, 3.63) is 65.2 Å². The lowest BCUT2D eigenvalue weighted by molar-refractivity contribution is -0.123. The third-order valence-electron chi connectivity index (χ3n) is 7.00. The number of fused-ring (bicyclic) bond motifs is 2. The minimum atomic E-state index is -3.61. The monoisotopic (exact) mass is 469 g/mol. The van der Waals surface area contributed by atoms with Crippen molar-refractivity contribution in [3.63, 3.8) is 0 Å². The van der Waals surface area contributed by atoms with E-state index in [9.17, 15) is 18.0 Å². The molecule has 2 amide bonds. The van der Waals surface area contributed by atoms with E-state index in [-0.39, 0.29) is 17.3 Å². The maximum absolute atomic E-state index is 12.8. The summed E-state index contributed by atoms with van der Waals surface area (Å²) in [5.41, 5.74) is 7.15. The summed E-state index contributed by atoms with van der Waals surface area (Å²) in [6.45, 7) is 2.08. The molecule has 2 saturated carbocycles. The first-order valence-corrected chi connectivity index (χ1v) is 12.9. The van der Waals surface area contributed by atoms with Gasteiger partial charge in [-0.15, -0.1) is 0 Å². The van der Waals surface area contributed by atoms with Crippen LogP contribution in [0.5, 0.6) is 0 Å². The van der Waals surface area contributed by atoms with Gasteiger partial charge in [-0.1, -0.05) is 36.2 Å². The number of nitrogens with zero attached hydrogens (tertiary/aromatic N) is 1. The van der Waals surface area contributed by atoms with Gasteiger partial charge in [0.05, 0.1) is 4.90 Å². The molecule has 0 aromatic heterocycles. The number of hydrazine groups is 1. The molecule has 8 heteroatoms. The molecule has 176 valence electrons. The van der Waals surface area contributed by atoms with Gasteiger partial charge in [-0.25, -0.2) is 8.42 Å². The number of hydrogen-bond donors (Lipinski definition) is 2. The SMILES string of the molecule is Cc1ccc(S(=O)(=O)N(C)Cc2ccc(C(=O)NNC(=O)C[C@@H]3C[C@H]4CC[C@H]3C4)cc2)cc1. The van der Waals surface area contributed by atoms with Crippen molar-refractivity contribution in [2.45, 2.75) is 50.5 Å². The third kappa shape index (κ3) is 5.45. The third-order valence-corrected chi connectivity index (χ3v) is 8.82. The Hall–Kier alpha value is -2.71. The highest BCUT2D eigenvalue weighted by Crippen LogP contribution is 2.49. The molecule has 0 radical (unpaired) electrons. The van der Waals surface area contributed by atoms with E-state index in [1.165, 1.54) is 30.6 Å². The van der Waals surface area contributed by atoms with E-state index >= 15 is 0 Å². The van der Waals surface area contributed by atoms with Gasteiger partial charge in [0, 0.05) is 25.6 Å². The molecule has 2 fully saturated rings. The van der Waals surface area contributed by atoms with E-state index in [0.29, 0.717) is 23.8 Å². The normalized spacial score (nSPS) is 21.8. The molecular weight excluding hydrogens is 438 g/mol. The lowest BCUT2D eigenvalue weighted by atomic mass is 9.86. The molecule has 0 saturated heterocycles. The van der Waals surface area contributed by atoms with Crippen molar-refractivity contribution in [2.75, 3.05) is 7.05 Å². The van der Waals surface area contributed by atoms with E-state index in [1.807, 2.05) is 6.92 Å². The van der Waals surface area contributed by atoms with E-state index in [2.05, 4.69) is 10.9 Å². The molecule has 2 bridgehead atoms. The van der Waals surface area contributed by atoms with Crippen LogP contribution in [0.25, 0.3) is 0 Å². The van der Waals surface area contributed by atoms with Crippen LogP contribution < -0.4 is 10.9 Å². The topological polar surface area (TPSA) is 95.6 Å². The molecule has 0 heterocycles. The molecule has 33 heavy (non-hydrogen) atoms. The zero-order valence-electron chi connectivity index (χ0n) is 19.1. The first kappa shape index (κ1) is 23.4. The van der Waals surface area contributed by atoms with Crippen molar-refractivity contribution in [3.8, 4) is 0 Å². The quantitative estimate of drug-likeness (QED) is 0.608. The standard InChI is InChI=1S/C25H31N3O4S/c1-17-3-11-23(12-4-17)33(31,32)28(2)16-18-5-8-20(9-6-18)25(30)27-26-24(29)15-22-14-19-7-10-21(22)13-19/h3-6,8-9,11-12,19,21-22H,7,10,13-16H2,1-2H3,(H,26,29)(H,27,30)/t19-,21-,22-/m0/s1. The van der Waals surface area contributed by atoms with Crippen LogP contribution in [0.3, 0.4) is 0 Å². The van der Waals surface area contributed by atoms with E-state index < -0.39 is 15.9 Å². The van der Waals surface area contributed by atoms with Crippen molar-refractivity contribution < 1.29 is 18.0 Å². The van der Waals surface area contributed by atoms with Crippen LogP contribution >= 0.6 is 0 Å². The molecule has 3 atom stereocenters. The van der Waals surface area contributed by atoms with Crippen molar-refractivity contribution in [1.82, 2.24) is 15.2 Å². The summed E-state index contributed by atoms with van der Waals surface area (Å²) in [5.74, 6) is 1.33. The number of carbonyl (C=O) groups is 2. The first-order chi connectivity index (χ1) is 15.7. The van der Waals surface area contributed by atoms with E-state index in [1.54, 1.807) is 48.5 Å². The van der Waals surface area contributed by atoms with Gasteiger partial charge in [0.25, 0.3) is 5.91 Å². The molecule has 2 N–H and O–H groups in total. The number of hydrogen-bond acceptors (Lipinski definition) is 4. The van der Waals surface area contributed by atoms with Gasteiger partial charge in [0.2, 0.25) is 15.9 Å². The van der Waals surface area contributed by atoms with Crippen molar-refractivity contribution >= 4 is 21.8 Å². The fraction of sp³-hybridized carbons (Fsp3) is 0.440. The van der Waals surface area contributed by atoms with Gasteiger partial charge in [-0.2, -0.15) is 4.31 Å². The highest BCUT2D eigenvalue weighted by molar-refractivity contribution is 7.89. The zero-order chi connectivity index (χ0) is 23.6. The minimum absolute atomic E-state index is 0.152. The summed E-state index contributed by atoms with van der Waals surface area (Å²) >= 11 is 0. The smallest absolute Gasteiger partial charge is 0.269 e. The highest BCUT2D eigenvalue weighted by atomic mass is 32.2. The second kappa shape index (κ2) is 9.65. The fourth-order valence-corrected chi connectivity index (χ4v) is 6.27. The van der Waals surface area contributed by atoms with Crippen LogP contribution in [-0.2, 0) is 21.4 Å². The molecule has 2 aliphatic rings. The van der Waals surface area contributed by atoms with Crippen molar-refractivity contribution in [1.29, 1.82) is 0 Å². The second-order valence-corrected chi connectivity index (χ2v) is 11.5. The Balaban J connectivity index is 1.28. The number of amides is 2. The maximum atomic E-state index is 12.8. The zero-order valence-corrected chi connectivity index (χ0v) is 19.9. The van der Waals surface area contributed by atoms with Gasteiger partial charge >= 0.3 is 0 Å². The molecule has 7 nitrogen and oxygen atoms in total. The van der Waals surface area contributed by atoms with Crippen LogP contribution in [0.15, 0.2) is 53.4 Å². The fourth-order valence-electron chi connectivity index (χ4n) is 5.11. The van der Waals surface area contributed by atoms with Crippen LogP contribution in [0.4, 0.5) is 0 Å². The van der Waals surface area contributed by atoms with Gasteiger partial charge < -0.3 is 0 Å². The number of carbonyl (C=O) groups excluding carboxylic acids is 2. The Bertz CT molecular complexity index is 1110. The molecule has 0 unspecified atom stereocenters. The van der Waals surface area contributed by atoms with E-state index in [0.717, 1.165) is 23.5 Å². The number of rotatable bonds is 7. The molecule has 4 rings (SSSR count). The van der Waals surface area contributed by atoms with Gasteiger partial charge in [-0.05, 0) is 73.8 Å². The number of benzene rings is 2. The summed E-state index contributed by atoms with van der Waals surface area (Å²) in [7, 11) is -2.08. The Morgan fingerprint density at radius 3 is 2.27 bits per heavy atom. The lowest BCUT2D eigenvalue weighted by Gasteiger charge is -2.21. The minimum Gasteiger partial charge on any atom is -0.273 e. The van der Waals surface area contributed by atoms with Crippen LogP contribution in [-0.4, -0.2) is 31.6 Å². The first-order valence-electron chi connectivity index (χ1n) is 11.4.